The molecule has 0 N–H and O–H groups in total. The normalized spacial score (nSPS) is 9.47. The highest BCUT2D eigenvalue weighted by Gasteiger charge is 2.16. The van der Waals surface area contributed by atoms with Gasteiger partial charge >= 0.3 is 0 Å². The third-order valence-electron chi connectivity index (χ3n) is 8.19. The summed E-state index contributed by atoms with van der Waals surface area (Å²) in [6.45, 7) is 81.3. The monoisotopic (exact) mass is 1590 g/mol. The molecule has 0 atom stereocenters. The first kappa shape index (κ1) is 182. The Labute approximate surface area is 709 Å². The van der Waals surface area contributed by atoms with Crippen LogP contribution in [0.25, 0.3) is 0 Å². The minimum Gasteiger partial charge on any atom is -0.497 e. The van der Waals surface area contributed by atoms with E-state index in [0.29, 0.717) is 69.7 Å². The molecule has 8 nitrogen and oxygen atoms in total. The Hall–Kier alpha value is -4.40. The lowest BCUT2D eigenvalue weighted by molar-refractivity contribution is 0.182. The highest BCUT2D eigenvalue weighted by molar-refractivity contribution is 5.43. The Morgan fingerprint density at radius 3 is 0.491 bits per heavy atom. The molecule has 110 heavy (non-hydrogen) atoms. The van der Waals surface area contributed by atoms with E-state index in [-0.39, 0.29) is 159 Å². The molecule has 0 spiro atoms. The lowest BCUT2D eigenvalue weighted by Gasteiger charge is -2.20. The molecule has 0 unspecified atom stereocenters. The van der Waals surface area contributed by atoms with Crippen LogP contribution in [-0.4, -0.2) is 55.9 Å². The van der Waals surface area contributed by atoms with Crippen molar-refractivity contribution < 1.29 is 37.9 Å². The second-order valence-corrected chi connectivity index (χ2v) is 37.7. The average molecular weight is 1590 g/mol. The number of hydrogen-bond acceptors (Lipinski definition) is 8. The van der Waals surface area contributed by atoms with E-state index in [1.807, 2.05) is 60.7 Å². The molecule has 4 aromatic carbocycles. The number of ether oxygens (including phenoxy) is 8. The van der Waals surface area contributed by atoms with Gasteiger partial charge in [-0.25, -0.2) is 0 Å². The highest BCUT2D eigenvalue weighted by atomic mass is 16.5. The van der Waals surface area contributed by atoms with Crippen LogP contribution in [0.1, 0.15) is 420 Å². The SMILES string of the molecule is C.C.C.C.C.C.C.C.C.C.C.C.C.C.C.C.C.C.C.C.CC(C)(C)C.CC(C)(C)C.CC(C)(C)C.CC(C)(C)C.CC(C)(C)C.CC(C)(C)C.COCc1ccc(OCC(C)(C)C)c(OC)c1.COCc1ccc(OCC(C)(C)C)c(OC)c1.COc1ccc(CC(C)(C)C)cc1.COc1ccc(CC(C)(C)C)cc1. The predicted octanol–water partition coefficient (Wildman–Crippen LogP) is 38.1. The molecule has 0 aliphatic heterocycles. The molecule has 0 bridgehead atoms. The van der Waals surface area contributed by atoms with Crippen molar-refractivity contribution in [1.82, 2.24) is 0 Å². The van der Waals surface area contributed by atoms with Gasteiger partial charge in [0.1, 0.15) is 11.5 Å². The zero-order valence-corrected chi connectivity index (χ0v) is 67.6. The number of methoxy groups -OCH3 is 6. The molecule has 4 rings (SSSR count). The zero-order valence-electron chi connectivity index (χ0n) is 67.6. The van der Waals surface area contributed by atoms with Gasteiger partial charge in [-0.15, -0.1) is 0 Å². The maximum Gasteiger partial charge on any atom is 0.161 e. The van der Waals surface area contributed by atoms with Gasteiger partial charge in [-0.1, -0.05) is 434 Å². The van der Waals surface area contributed by atoms with Crippen LogP contribution in [-0.2, 0) is 35.5 Å². The van der Waals surface area contributed by atoms with Crippen LogP contribution in [0.15, 0.2) is 84.9 Å². The summed E-state index contributed by atoms with van der Waals surface area (Å²) in [5, 5.41) is 0. The molecule has 0 fully saturated rings. The van der Waals surface area contributed by atoms with E-state index in [1.165, 1.54) is 11.1 Å². The van der Waals surface area contributed by atoms with Crippen molar-refractivity contribution in [2.75, 3.05) is 55.9 Å². The Morgan fingerprint density at radius 2 is 0.364 bits per heavy atom. The van der Waals surface area contributed by atoms with Crippen molar-refractivity contribution in [3.8, 4) is 34.5 Å². The number of rotatable bonds is 14. The van der Waals surface area contributed by atoms with Gasteiger partial charge in [0, 0.05) is 14.2 Å². The third kappa shape index (κ3) is 181. The number of benzene rings is 4. The standard InChI is InChI=1S/2C14H22O3.2C12H18O.6C5H12.20CH4/c2*1-14(2,3)10-17-12-7-6-11(9-15-4)8-13(12)16-5;2*1-12(2,3)9-10-5-7-11(13-4)8-6-10;6*1-5(2,3)4;;;;;;;;;;;;;;;;;;;;/h2*6-8H,9-10H2,1-5H3;2*5-8H,9H2,1-4H3;6*1-4H3;20*1H4. The molecule has 0 aliphatic rings. The quantitative estimate of drug-likeness (QED) is 0.124. The Balaban J connectivity index is -0.0000000302. The topological polar surface area (TPSA) is 73.8 Å². The highest BCUT2D eigenvalue weighted by Crippen LogP contribution is 2.32. The van der Waals surface area contributed by atoms with Gasteiger partial charge < -0.3 is 37.9 Å². The van der Waals surface area contributed by atoms with Crippen molar-refractivity contribution in [2.45, 2.75) is 424 Å². The fourth-order valence-corrected chi connectivity index (χ4v) is 5.48. The van der Waals surface area contributed by atoms with E-state index in [1.54, 1.807) is 42.7 Å². The fourth-order valence-electron chi connectivity index (χ4n) is 5.48. The van der Waals surface area contributed by atoms with Gasteiger partial charge in [-0.2, -0.15) is 0 Å². The second-order valence-electron chi connectivity index (χ2n) is 37.7. The minimum absolute atomic E-state index is 0. The van der Waals surface area contributed by atoms with Crippen LogP contribution < -0.4 is 28.4 Å². The van der Waals surface area contributed by atoms with Crippen LogP contribution in [0.3, 0.4) is 0 Å². The van der Waals surface area contributed by atoms with Gasteiger partial charge in [0.2, 0.25) is 0 Å². The van der Waals surface area contributed by atoms with Crippen molar-refractivity contribution in [1.29, 1.82) is 0 Å². The molecular formula is C102H232O8. The maximum absolute atomic E-state index is 5.76. The van der Waals surface area contributed by atoms with Gasteiger partial charge in [-0.05, 0) is 138 Å². The summed E-state index contributed by atoms with van der Waals surface area (Å²) in [7, 11) is 10.0. The summed E-state index contributed by atoms with van der Waals surface area (Å²) in [4.78, 5) is 0. The molecule has 8 heteroatoms. The zero-order chi connectivity index (χ0) is 72.6. The number of hydrogen-bond donors (Lipinski definition) is 0. The van der Waals surface area contributed by atoms with Crippen LogP contribution in [0.5, 0.6) is 34.5 Å². The van der Waals surface area contributed by atoms with E-state index >= 15 is 0 Å². The van der Waals surface area contributed by atoms with E-state index < -0.39 is 0 Å². The third-order valence-corrected chi connectivity index (χ3v) is 8.19. The van der Waals surface area contributed by atoms with Gasteiger partial charge in [0.15, 0.2) is 23.0 Å². The van der Waals surface area contributed by atoms with Gasteiger partial charge in [0.05, 0.1) is 54.9 Å². The Morgan fingerprint density at radius 1 is 0.200 bits per heavy atom. The molecule has 688 valence electrons. The molecule has 0 saturated carbocycles. The predicted molar refractivity (Wildman–Crippen MR) is 535 cm³/mol. The molecule has 0 radical (unpaired) electrons. The van der Waals surface area contributed by atoms with E-state index in [4.69, 9.17) is 37.9 Å². The molecule has 4 aromatic rings. The fraction of sp³-hybridized carbons (Fsp3) is 0.765. The summed E-state index contributed by atoms with van der Waals surface area (Å²) < 4.78 is 42.5. The largest absolute Gasteiger partial charge is 0.497 e. The molecule has 0 amide bonds. The smallest absolute Gasteiger partial charge is 0.161 e. The first-order chi connectivity index (χ1) is 39.9. The first-order valence-corrected chi connectivity index (χ1v) is 32.8. The second kappa shape index (κ2) is 87.0. The van der Waals surface area contributed by atoms with Crippen LogP contribution in [0.4, 0.5) is 0 Å². The van der Waals surface area contributed by atoms with Crippen molar-refractivity contribution in [3.63, 3.8) is 0 Å². The summed E-state index contributed by atoms with van der Waals surface area (Å²) >= 11 is 0. The summed E-state index contributed by atoms with van der Waals surface area (Å²) in [5.74, 6) is 4.92. The maximum atomic E-state index is 5.76. The van der Waals surface area contributed by atoms with Crippen molar-refractivity contribution >= 4 is 0 Å². The summed E-state index contributed by atoms with van der Waals surface area (Å²) in [5.41, 5.74) is 8.87. The molecular weight excluding hydrogens is 1350 g/mol. The van der Waals surface area contributed by atoms with Gasteiger partial charge in [0.25, 0.3) is 0 Å². The van der Waals surface area contributed by atoms with Crippen LogP contribution >= 0.6 is 0 Å². The lowest BCUT2D eigenvalue weighted by atomic mass is 9.88. The summed E-state index contributed by atoms with van der Waals surface area (Å²) in [6.07, 6.45) is 2.22. The van der Waals surface area contributed by atoms with E-state index in [9.17, 15) is 0 Å². The van der Waals surface area contributed by atoms with Crippen LogP contribution in [0, 0.1) is 54.1 Å². The Bertz CT molecular complexity index is 2050. The minimum atomic E-state index is 0. The molecule has 0 heterocycles. The Kier molecular flexibility index (Phi) is 144. The van der Waals surface area contributed by atoms with Crippen molar-refractivity contribution in [2.24, 2.45) is 54.1 Å². The molecule has 0 saturated heterocycles. The van der Waals surface area contributed by atoms with E-state index in [2.05, 4.69) is 274 Å². The van der Waals surface area contributed by atoms with Crippen molar-refractivity contribution in [3.05, 3.63) is 107 Å². The lowest BCUT2D eigenvalue weighted by Crippen LogP contribution is -2.17. The first-order valence-electron chi connectivity index (χ1n) is 32.8. The molecule has 0 aliphatic carbocycles. The average Bonchev–Trinajstić information content (AvgIpc) is 0.872. The molecule has 0 aromatic heterocycles. The van der Waals surface area contributed by atoms with Crippen LogP contribution in [0.2, 0.25) is 0 Å². The summed E-state index contributed by atoms with van der Waals surface area (Å²) in [6, 6.07) is 28.3. The van der Waals surface area contributed by atoms with E-state index in [0.717, 1.165) is 58.5 Å². The van der Waals surface area contributed by atoms with Gasteiger partial charge in [-0.3, -0.25) is 0 Å².